The maximum absolute atomic E-state index is 5.40. The molecule has 0 spiro atoms. The standard InChI is InChI=1S/C12H28N2O2.C10H24N2O2/c1-3-5-13-7-9-15-11-12-16-10-8-14-6-4-2;1-3-11-5-7-13-9-10-14-8-6-12-4-2/h13-14H,3-12H2,1-2H3;11-12H,3-10H2,1-2H3. The Labute approximate surface area is 186 Å². The van der Waals surface area contributed by atoms with Crippen molar-refractivity contribution in [1.82, 2.24) is 21.3 Å². The molecular formula is C22H52N4O4. The van der Waals surface area contributed by atoms with E-state index in [-0.39, 0.29) is 0 Å². The average Bonchev–Trinajstić information content (AvgIpc) is 2.76. The Morgan fingerprint density at radius 3 is 0.933 bits per heavy atom. The second-order valence-corrected chi connectivity index (χ2v) is 6.66. The Kier molecular flexibility index (Phi) is 35.4. The lowest BCUT2D eigenvalue weighted by atomic mass is 10.5. The van der Waals surface area contributed by atoms with Crippen LogP contribution < -0.4 is 21.3 Å². The number of rotatable bonds is 24. The SMILES string of the molecule is CCCNCCOCCOCCNCCC.CCNCCOCCOCCNCC. The first-order chi connectivity index (χ1) is 14.8. The fourth-order valence-electron chi connectivity index (χ4n) is 2.18. The van der Waals surface area contributed by atoms with Gasteiger partial charge in [-0.3, -0.25) is 0 Å². The maximum Gasteiger partial charge on any atom is 0.0701 e. The molecule has 0 aliphatic rings. The van der Waals surface area contributed by atoms with Gasteiger partial charge in [0.1, 0.15) is 0 Å². The lowest BCUT2D eigenvalue weighted by Gasteiger charge is -2.07. The minimum atomic E-state index is 0.692. The van der Waals surface area contributed by atoms with Crippen molar-refractivity contribution in [1.29, 1.82) is 0 Å². The lowest BCUT2D eigenvalue weighted by molar-refractivity contribution is 0.0500. The van der Waals surface area contributed by atoms with Gasteiger partial charge in [0.05, 0.1) is 52.9 Å². The van der Waals surface area contributed by atoms with E-state index in [2.05, 4.69) is 49.0 Å². The van der Waals surface area contributed by atoms with Gasteiger partial charge >= 0.3 is 0 Å². The van der Waals surface area contributed by atoms with Gasteiger partial charge in [0.25, 0.3) is 0 Å². The summed E-state index contributed by atoms with van der Waals surface area (Å²) in [5.74, 6) is 0. The highest BCUT2D eigenvalue weighted by Gasteiger charge is 1.91. The second-order valence-electron chi connectivity index (χ2n) is 6.66. The molecule has 0 aromatic heterocycles. The summed E-state index contributed by atoms with van der Waals surface area (Å²) in [4.78, 5) is 0. The molecule has 30 heavy (non-hydrogen) atoms. The van der Waals surface area contributed by atoms with Crippen molar-refractivity contribution in [3.05, 3.63) is 0 Å². The summed E-state index contributed by atoms with van der Waals surface area (Å²) >= 11 is 0. The third kappa shape index (κ3) is 35.1. The van der Waals surface area contributed by atoms with Crippen LogP contribution in [-0.4, -0.2) is 105 Å². The molecule has 0 radical (unpaired) electrons. The zero-order valence-electron chi connectivity index (χ0n) is 20.4. The lowest BCUT2D eigenvalue weighted by Crippen LogP contribution is -2.23. The average molecular weight is 437 g/mol. The summed E-state index contributed by atoms with van der Waals surface area (Å²) in [6, 6.07) is 0. The van der Waals surface area contributed by atoms with Crippen LogP contribution >= 0.6 is 0 Å². The summed E-state index contributed by atoms with van der Waals surface area (Å²) in [5, 5.41) is 13.0. The Morgan fingerprint density at radius 1 is 0.367 bits per heavy atom. The van der Waals surface area contributed by atoms with Gasteiger partial charge in [-0.2, -0.15) is 0 Å². The highest BCUT2D eigenvalue weighted by molar-refractivity contribution is 4.45. The van der Waals surface area contributed by atoms with Crippen LogP contribution in [0.4, 0.5) is 0 Å². The van der Waals surface area contributed by atoms with Crippen LogP contribution in [0.2, 0.25) is 0 Å². The van der Waals surface area contributed by atoms with Crippen LogP contribution in [0.1, 0.15) is 40.5 Å². The number of hydrogen-bond acceptors (Lipinski definition) is 8. The minimum Gasteiger partial charge on any atom is -0.378 e. The van der Waals surface area contributed by atoms with Gasteiger partial charge in [-0.1, -0.05) is 27.7 Å². The van der Waals surface area contributed by atoms with Crippen LogP contribution in [0.5, 0.6) is 0 Å². The van der Waals surface area contributed by atoms with Crippen LogP contribution in [0.15, 0.2) is 0 Å². The van der Waals surface area contributed by atoms with Crippen LogP contribution in [-0.2, 0) is 18.9 Å². The molecule has 0 amide bonds. The first-order valence-electron chi connectivity index (χ1n) is 12.0. The minimum absolute atomic E-state index is 0.692. The molecule has 8 nitrogen and oxygen atoms in total. The molecule has 0 aromatic rings. The molecule has 0 aliphatic heterocycles. The first kappa shape index (κ1) is 31.9. The Hall–Kier alpha value is -0.320. The monoisotopic (exact) mass is 436 g/mol. The molecule has 0 rings (SSSR count). The molecular weight excluding hydrogens is 384 g/mol. The number of ether oxygens (including phenoxy) is 4. The number of hydrogen-bond donors (Lipinski definition) is 4. The van der Waals surface area contributed by atoms with E-state index in [0.717, 1.165) is 78.8 Å². The normalized spacial score (nSPS) is 10.8. The molecule has 0 aromatic carbocycles. The molecule has 0 bridgehead atoms. The Bertz CT molecular complexity index is 252. The van der Waals surface area contributed by atoms with Crippen LogP contribution in [0.25, 0.3) is 0 Å². The van der Waals surface area contributed by atoms with Gasteiger partial charge in [0.2, 0.25) is 0 Å². The van der Waals surface area contributed by atoms with Gasteiger partial charge in [-0.25, -0.2) is 0 Å². The molecule has 0 saturated carbocycles. The van der Waals surface area contributed by atoms with Gasteiger partial charge < -0.3 is 40.2 Å². The van der Waals surface area contributed by atoms with E-state index in [1.165, 1.54) is 12.8 Å². The van der Waals surface area contributed by atoms with Crippen LogP contribution in [0.3, 0.4) is 0 Å². The van der Waals surface area contributed by atoms with Crippen molar-refractivity contribution in [2.24, 2.45) is 0 Å². The largest absolute Gasteiger partial charge is 0.378 e. The topological polar surface area (TPSA) is 85.0 Å². The van der Waals surface area contributed by atoms with E-state index in [0.29, 0.717) is 26.4 Å². The molecule has 0 aliphatic carbocycles. The van der Waals surface area contributed by atoms with E-state index in [4.69, 9.17) is 18.9 Å². The van der Waals surface area contributed by atoms with Gasteiger partial charge in [0, 0.05) is 26.2 Å². The second kappa shape index (κ2) is 33.3. The quantitative estimate of drug-likeness (QED) is 0.168. The van der Waals surface area contributed by atoms with Crippen molar-refractivity contribution >= 4 is 0 Å². The predicted octanol–water partition coefficient (Wildman–Crippen LogP) is 1.26. The van der Waals surface area contributed by atoms with Crippen molar-refractivity contribution in [3.63, 3.8) is 0 Å². The van der Waals surface area contributed by atoms with E-state index < -0.39 is 0 Å². The summed E-state index contributed by atoms with van der Waals surface area (Å²) in [7, 11) is 0. The first-order valence-corrected chi connectivity index (χ1v) is 12.0. The Morgan fingerprint density at radius 2 is 0.667 bits per heavy atom. The summed E-state index contributed by atoms with van der Waals surface area (Å²) in [6.45, 7) is 22.2. The van der Waals surface area contributed by atoms with Gasteiger partial charge in [-0.15, -0.1) is 0 Å². The third-order valence-corrected chi connectivity index (χ3v) is 3.79. The fourth-order valence-corrected chi connectivity index (χ4v) is 2.18. The molecule has 0 saturated heterocycles. The summed E-state index contributed by atoms with van der Waals surface area (Å²) in [6.07, 6.45) is 2.35. The maximum atomic E-state index is 5.40. The highest BCUT2D eigenvalue weighted by Crippen LogP contribution is 1.79. The number of likely N-dealkylation sites (N-methyl/N-ethyl adjacent to an activating group) is 2. The van der Waals surface area contributed by atoms with Gasteiger partial charge in [0.15, 0.2) is 0 Å². The van der Waals surface area contributed by atoms with E-state index in [1.807, 2.05) is 0 Å². The third-order valence-electron chi connectivity index (χ3n) is 3.79. The van der Waals surface area contributed by atoms with Crippen LogP contribution in [0, 0.1) is 0 Å². The van der Waals surface area contributed by atoms with Crippen molar-refractivity contribution < 1.29 is 18.9 Å². The molecule has 0 heterocycles. The molecule has 4 N–H and O–H groups in total. The fraction of sp³-hybridized carbons (Fsp3) is 1.00. The Balaban J connectivity index is 0. The molecule has 0 unspecified atom stereocenters. The van der Waals surface area contributed by atoms with E-state index in [9.17, 15) is 0 Å². The summed E-state index contributed by atoms with van der Waals surface area (Å²) < 4.78 is 21.5. The summed E-state index contributed by atoms with van der Waals surface area (Å²) in [5.41, 5.74) is 0. The smallest absolute Gasteiger partial charge is 0.0701 e. The van der Waals surface area contributed by atoms with Gasteiger partial charge in [-0.05, 0) is 39.0 Å². The predicted molar refractivity (Wildman–Crippen MR) is 127 cm³/mol. The van der Waals surface area contributed by atoms with E-state index in [1.54, 1.807) is 0 Å². The molecule has 0 atom stereocenters. The van der Waals surface area contributed by atoms with E-state index >= 15 is 0 Å². The molecule has 0 fully saturated rings. The highest BCUT2D eigenvalue weighted by atomic mass is 16.5. The van der Waals surface area contributed by atoms with Crippen molar-refractivity contribution in [2.45, 2.75) is 40.5 Å². The number of nitrogens with one attached hydrogen (secondary N) is 4. The zero-order chi connectivity index (χ0) is 22.4. The zero-order valence-corrected chi connectivity index (χ0v) is 20.4. The molecule has 184 valence electrons. The van der Waals surface area contributed by atoms with Crippen molar-refractivity contribution in [3.8, 4) is 0 Å². The molecule has 8 heteroatoms. The van der Waals surface area contributed by atoms with Crippen molar-refractivity contribution in [2.75, 3.05) is 105 Å².